The molecule has 0 fully saturated rings. The van der Waals surface area contributed by atoms with Crippen LogP contribution in [0.1, 0.15) is 75.2 Å². The van der Waals surface area contributed by atoms with Crippen molar-refractivity contribution in [3.8, 4) is 0 Å². The standard InChI is InChI=1S/C16H32Ge/c1-10-11-12(2)14(4,5)16(8,9)15(6,7)13(3)17/h12H,10-11H2,1-9H3. The molecule has 0 bridgehead atoms. The van der Waals surface area contributed by atoms with Gasteiger partial charge in [0.2, 0.25) is 0 Å². The molecule has 0 aliphatic heterocycles. The van der Waals surface area contributed by atoms with Crippen molar-refractivity contribution in [2.75, 3.05) is 0 Å². The third kappa shape index (κ3) is 3.05. The molecular weight excluding hydrogens is 265 g/mol. The van der Waals surface area contributed by atoms with Gasteiger partial charge in [0.25, 0.3) is 0 Å². The van der Waals surface area contributed by atoms with Gasteiger partial charge in [-0.05, 0) is 0 Å². The zero-order valence-corrected chi connectivity index (χ0v) is 15.6. The fourth-order valence-electron chi connectivity index (χ4n) is 2.68. The monoisotopic (exact) mass is 298 g/mol. The first-order valence-corrected chi connectivity index (χ1v) is 8.03. The van der Waals surface area contributed by atoms with Crippen LogP contribution in [0.15, 0.2) is 0 Å². The quantitative estimate of drug-likeness (QED) is 0.614. The Morgan fingerprint density at radius 1 is 1.06 bits per heavy atom. The van der Waals surface area contributed by atoms with E-state index in [0.29, 0.717) is 10.8 Å². The molecule has 17 heavy (non-hydrogen) atoms. The van der Waals surface area contributed by atoms with E-state index in [1.807, 2.05) is 0 Å². The summed E-state index contributed by atoms with van der Waals surface area (Å²) in [7, 11) is 0. The Morgan fingerprint density at radius 3 is 1.76 bits per heavy atom. The molecule has 2 radical (unpaired) electrons. The van der Waals surface area contributed by atoms with Gasteiger partial charge in [-0.2, -0.15) is 0 Å². The third-order valence-corrected chi connectivity index (χ3v) is 7.38. The zero-order chi connectivity index (χ0) is 14.1. The van der Waals surface area contributed by atoms with Crippen LogP contribution in [0, 0.1) is 22.2 Å². The Morgan fingerprint density at radius 2 is 1.47 bits per heavy atom. The van der Waals surface area contributed by atoms with Crippen molar-refractivity contribution in [2.24, 2.45) is 22.2 Å². The number of hydrogen-bond donors (Lipinski definition) is 0. The van der Waals surface area contributed by atoms with Gasteiger partial charge in [0.1, 0.15) is 0 Å². The SMILES string of the molecule is CCCC(C)C(C)(C)C(C)(C)C(C)(C)[C](C)=[Ge]. The van der Waals surface area contributed by atoms with E-state index >= 15 is 0 Å². The van der Waals surface area contributed by atoms with E-state index in [9.17, 15) is 0 Å². The maximum absolute atomic E-state index is 2.46. The molecule has 1 unspecified atom stereocenters. The van der Waals surface area contributed by atoms with Crippen LogP contribution < -0.4 is 0 Å². The van der Waals surface area contributed by atoms with Gasteiger partial charge in [0, 0.05) is 0 Å². The normalized spacial score (nSPS) is 15.8. The summed E-state index contributed by atoms with van der Waals surface area (Å²) >= 11 is 2.28. The Bertz CT molecular complexity index is 271. The van der Waals surface area contributed by atoms with Crippen LogP contribution in [0.2, 0.25) is 0 Å². The molecule has 0 heterocycles. The molecule has 1 atom stereocenters. The van der Waals surface area contributed by atoms with Gasteiger partial charge in [-0.25, -0.2) is 0 Å². The second kappa shape index (κ2) is 5.59. The molecule has 0 aromatic carbocycles. The summed E-state index contributed by atoms with van der Waals surface area (Å²) in [6.07, 6.45) is 2.62. The summed E-state index contributed by atoms with van der Waals surface area (Å²) in [4.78, 5) is 0. The summed E-state index contributed by atoms with van der Waals surface area (Å²) in [5.74, 6) is 0.765. The van der Waals surface area contributed by atoms with E-state index in [1.165, 1.54) is 12.8 Å². The summed E-state index contributed by atoms with van der Waals surface area (Å²) in [6, 6.07) is 0. The first-order chi connectivity index (χ1) is 7.42. The van der Waals surface area contributed by atoms with Crippen LogP contribution in [-0.4, -0.2) is 20.4 Å². The van der Waals surface area contributed by atoms with E-state index in [-0.39, 0.29) is 5.41 Å². The molecule has 0 spiro atoms. The number of hydrogen-bond acceptors (Lipinski definition) is 0. The predicted octanol–water partition coefficient (Wildman–Crippen LogP) is 4.86. The Labute approximate surface area is 118 Å². The minimum atomic E-state index is 0.276. The fraction of sp³-hybridized carbons (Fsp3) is 0.938. The summed E-state index contributed by atoms with van der Waals surface area (Å²) in [5, 5.41) is 0. The molecule has 0 saturated heterocycles. The van der Waals surface area contributed by atoms with Crippen molar-refractivity contribution in [3.63, 3.8) is 0 Å². The molecular formula is C16H32Ge. The van der Waals surface area contributed by atoms with Crippen molar-refractivity contribution in [2.45, 2.75) is 75.2 Å². The molecule has 0 amide bonds. The van der Waals surface area contributed by atoms with Crippen LogP contribution in [0.5, 0.6) is 0 Å². The second-order valence-electron chi connectivity index (χ2n) is 7.29. The van der Waals surface area contributed by atoms with Crippen LogP contribution in [0.25, 0.3) is 0 Å². The maximum atomic E-state index is 2.46. The van der Waals surface area contributed by atoms with Crippen LogP contribution in [0.3, 0.4) is 0 Å². The fourth-order valence-corrected chi connectivity index (χ4v) is 3.34. The van der Waals surface area contributed by atoms with E-state index in [1.54, 1.807) is 4.35 Å². The van der Waals surface area contributed by atoms with Gasteiger partial charge in [-0.15, -0.1) is 0 Å². The van der Waals surface area contributed by atoms with Crippen LogP contribution >= 0.6 is 0 Å². The Hall–Kier alpha value is 0.413. The van der Waals surface area contributed by atoms with Gasteiger partial charge in [-0.1, -0.05) is 0 Å². The van der Waals surface area contributed by atoms with Gasteiger partial charge >= 0.3 is 118 Å². The Balaban J connectivity index is 5.36. The molecule has 100 valence electrons. The van der Waals surface area contributed by atoms with Gasteiger partial charge < -0.3 is 0 Å². The molecule has 0 nitrogen and oxygen atoms in total. The predicted molar refractivity (Wildman–Crippen MR) is 81.9 cm³/mol. The van der Waals surface area contributed by atoms with Gasteiger partial charge in [0.15, 0.2) is 0 Å². The average molecular weight is 297 g/mol. The molecule has 0 aromatic rings. The van der Waals surface area contributed by atoms with E-state index < -0.39 is 0 Å². The third-order valence-electron chi connectivity index (χ3n) is 6.06. The first kappa shape index (κ1) is 17.4. The molecule has 0 rings (SSSR count). The van der Waals surface area contributed by atoms with Crippen molar-refractivity contribution >= 4 is 20.4 Å². The molecule has 0 aromatic heterocycles. The molecule has 0 saturated carbocycles. The second-order valence-corrected chi connectivity index (χ2v) is 8.86. The van der Waals surface area contributed by atoms with Crippen LogP contribution in [-0.2, 0) is 0 Å². The molecule has 0 N–H and O–H groups in total. The van der Waals surface area contributed by atoms with Gasteiger partial charge in [0.05, 0.1) is 0 Å². The summed E-state index contributed by atoms with van der Waals surface area (Å²) < 4.78 is 1.54. The van der Waals surface area contributed by atoms with Crippen molar-refractivity contribution < 1.29 is 0 Å². The average Bonchev–Trinajstić information content (AvgIpc) is 2.17. The first-order valence-electron chi connectivity index (χ1n) is 6.98. The molecule has 0 aliphatic rings. The molecule has 0 aliphatic carbocycles. The zero-order valence-electron chi connectivity index (χ0n) is 13.5. The van der Waals surface area contributed by atoms with Crippen molar-refractivity contribution in [1.29, 1.82) is 0 Å². The van der Waals surface area contributed by atoms with E-state index in [4.69, 9.17) is 0 Å². The topological polar surface area (TPSA) is 0 Å². The van der Waals surface area contributed by atoms with Crippen molar-refractivity contribution in [1.82, 2.24) is 0 Å². The van der Waals surface area contributed by atoms with Crippen LogP contribution in [0.4, 0.5) is 0 Å². The van der Waals surface area contributed by atoms with Gasteiger partial charge in [-0.3, -0.25) is 0 Å². The minimum absolute atomic E-state index is 0.276. The van der Waals surface area contributed by atoms with E-state index in [0.717, 1.165) is 5.92 Å². The molecule has 1 heteroatoms. The van der Waals surface area contributed by atoms with E-state index in [2.05, 4.69) is 78.4 Å². The summed E-state index contributed by atoms with van der Waals surface area (Å²) in [5.41, 5.74) is 0.926. The number of rotatable bonds is 6. The Kier molecular flexibility index (Phi) is 5.72. The summed E-state index contributed by atoms with van der Waals surface area (Å²) in [6.45, 7) is 21.6. The van der Waals surface area contributed by atoms with Crippen molar-refractivity contribution in [3.05, 3.63) is 0 Å².